The van der Waals surface area contributed by atoms with Crippen molar-refractivity contribution in [2.24, 2.45) is 0 Å². The van der Waals surface area contributed by atoms with E-state index in [4.69, 9.17) is 4.42 Å². The van der Waals surface area contributed by atoms with E-state index < -0.39 is 0 Å². The van der Waals surface area contributed by atoms with Crippen molar-refractivity contribution in [2.45, 2.75) is 0 Å². The van der Waals surface area contributed by atoms with Gasteiger partial charge in [0.1, 0.15) is 6.26 Å². The SMILES string of the molecule is CN1CCN(C(=O)c2coc(Br)c2)c2ccccc21. The Morgan fingerprint density at radius 1 is 1.26 bits per heavy atom. The molecule has 0 unspecified atom stereocenters. The third-order valence-corrected chi connectivity index (χ3v) is 3.72. The van der Waals surface area contributed by atoms with Gasteiger partial charge in [-0.25, -0.2) is 0 Å². The number of carbonyl (C=O) groups excluding carboxylic acids is 1. The first-order valence-electron chi connectivity index (χ1n) is 6.03. The molecule has 0 fully saturated rings. The van der Waals surface area contributed by atoms with Crippen molar-refractivity contribution in [3.63, 3.8) is 0 Å². The van der Waals surface area contributed by atoms with Gasteiger partial charge in [-0.15, -0.1) is 0 Å². The van der Waals surface area contributed by atoms with Crippen LogP contribution in [0.15, 0.2) is 45.7 Å². The van der Waals surface area contributed by atoms with Gasteiger partial charge < -0.3 is 14.2 Å². The number of hydrogen-bond donors (Lipinski definition) is 0. The minimum Gasteiger partial charge on any atom is -0.457 e. The molecule has 3 rings (SSSR count). The molecule has 1 aliphatic rings. The molecule has 1 aromatic heterocycles. The van der Waals surface area contributed by atoms with E-state index in [2.05, 4.69) is 20.8 Å². The standard InChI is InChI=1S/C14H13BrN2O2/c1-16-6-7-17(12-5-3-2-4-11(12)16)14(18)10-8-13(15)19-9-10/h2-5,8-9H,6-7H2,1H3. The maximum atomic E-state index is 12.5. The zero-order valence-electron chi connectivity index (χ0n) is 10.5. The van der Waals surface area contributed by atoms with Crippen molar-refractivity contribution >= 4 is 33.2 Å². The van der Waals surface area contributed by atoms with E-state index in [1.54, 1.807) is 11.0 Å². The fourth-order valence-corrected chi connectivity index (χ4v) is 2.64. The highest BCUT2D eigenvalue weighted by molar-refractivity contribution is 9.10. The van der Waals surface area contributed by atoms with Gasteiger partial charge in [-0.2, -0.15) is 0 Å². The second kappa shape index (κ2) is 4.74. The normalized spacial score (nSPS) is 14.4. The third-order valence-electron chi connectivity index (χ3n) is 3.30. The molecule has 0 saturated carbocycles. The lowest BCUT2D eigenvalue weighted by molar-refractivity contribution is 0.0986. The lowest BCUT2D eigenvalue weighted by Gasteiger charge is -2.35. The Labute approximate surface area is 119 Å². The molecule has 4 nitrogen and oxygen atoms in total. The third kappa shape index (κ3) is 2.14. The Hall–Kier alpha value is -1.75. The van der Waals surface area contributed by atoms with Crippen LogP contribution in [0.2, 0.25) is 0 Å². The number of carbonyl (C=O) groups is 1. The van der Waals surface area contributed by atoms with Crippen LogP contribution in [0.5, 0.6) is 0 Å². The molecule has 1 amide bonds. The predicted molar refractivity (Wildman–Crippen MR) is 77.8 cm³/mol. The Kier molecular flexibility index (Phi) is 3.06. The van der Waals surface area contributed by atoms with Crippen LogP contribution < -0.4 is 9.80 Å². The zero-order valence-corrected chi connectivity index (χ0v) is 12.1. The number of furan rings is 1. The van der Waals surface area contributed by atoms with Gasteiger partial charge in [-0.1, -0.05) is 12.1 Å². The number of rotatable bonds is 1. The molecule has 1 aliphatic heterocycles. The first kappa shape index (κ1) is 12.3. The first-order chi connectivity index (χ1) is 9.16. The molecule has 1 aromatic carbocycles. The smallest absolute Gasteiger partial charge is 0.261 e. The lowest BCUT2D eigenvalue weighted by Crippen LogP contribution is -2.42. The number of para-hydroxylation sites is 2. The minimum absolute atomic E-state index is 0.0324. The first-order valence-corrected chi connectivity index (χ1v) is 6.82. The van der Waals surface area contributed by atoms with Gasteiger partial charge in [-0.3, -0.25) is 4.79 Å². The summed E-state index contributed by atoms with van der Waals surface area (Å²) >= 11 is 3.22. The summed E-state index contributed by atoms with van der Waals surface area (Å²) in [5.74, 6) is -0.0324. The minimum atomic E-state index is -0.0324. The van der Waals surface area contributed by atoms with Crippen LogP contribution in [0, 0.1) is 0 Å². The summed E-state index contributed by atoms with van der Waals surface area (Å²) in [6, 6.07) is 9.63. The van der Waals surface area contributed by atoms with Gasteiger partial charge >= 0.3 is 0 Å². The molecule has 0 bridgehead atoms. The monoisotopic (exact) mass is 320 g/mol. The fraction of sp³-hybridized carbons (Fsp3) is 0.214. The number of amides is 1. The molecule has 0 radical (unpaired) electrons. The van der Waals surface area contributed by atoms with Gasteiger partial charge in [0.25, 0.3) is 5.91 Å². The summed E-state index contributed by atoms with van der Waals surface area (Å²) in [6.07, 6.45) is 1.48. The van der Waals surface area contributed by atoms with Crippen molar-refractivity contribution in [2.75, 3.05) is 29.9 Å². The predicted octanol–water partition coefficient (Wildman–Crippen LogP) is 3.14. The summed E-state index contributed by atoms with van der Waals surface area (Å²) in [6.45, 7) is 1.50. The molecule has 2 heterocycles. The molecule has 0 spiro atoms. The Bertz CT molecular complexity index is 623. The highest BCUT2D eigenvalue weighted by atomic mass is 79.9. The average Bonchev–Trinajstić information content (AvgIpc) is 2.86. The van der Waals surface area contributed by atoms with Crippen LogP contribution in [-0.4, -0.2) is 26.0 Å². The van der Waals surface area contributed by atoms with E-state index in [1.165, 1.54) is 6.26 Å². The van der Waals surface area contributed by atoms with Crippen LogP contribution in [-0.2, 0) is 0 Å². The highest BCUT2D eigenvalue weighted by Gasteiger charge is 2.26. The highest BCUT2D eigenvalue weighted by Crippen LogP contribution is 2.33. The number of nitrogens with zero attached hydrogens (tertiary/aromatic N) is 2. The topological polar surface area (TPSA) is 36.7 Å². The fourth-order valence-electron chi connectivity index (χ4n) is 2.30. The van der Waals surface area contributed by atoms with Gasteiger partial charge in [0.15, 0.2) is 4.67 Å². The van der Waals surface area contributed by atoms with Crippen molar-refractivity contribution < 1.29 is 9.21 Å². The maximum absolute atomic E-state index is 12.5. The maximum Gasteiger partial charge on any atom is 0.261 e. The average molecular weight is 321 g/mol. The number of halogens is 1. The van der Waals surface area contributed by atoms with Gasteiger partial charge in [0.2, 0.25) is 0 Å². The quantitative estimate of drug-likeness (QED) is 0.810. The number of hydrogen-bond acceptors (Lipinski definition) is 3. The molecule has 0 N–H and O–H groups in total. The molecule has 19 heavy (non-hydrogen) atoms. The number of benzene rings is 1. The van der Waals surface area contributed by atoms with Crippen molar-refractivity contribution in [3.8, 4) is 0 Å². The molecule has 0 aliphatic carbocycles. The second-order valence-electron chi connectivity index (χ2n) is 4.51. The summed E-state index contributed by atoms with van der Waals surface area (Å²) < 4.78 is 5.71. The summed E-state index contributed by atoms with van der Waals surface area (Å²) in [5, 5.41) is 0. The summed E-state index contributed by atoms with van der Waals surface area (Å²) in [4.78, 5) is 16.5. The van der Waals surface area contributed by atoms with Crippen LogP contribution in [0.1, 0.15) is 10.4 Å². The van der Waals surface area contributed by atoms with Gasteiger partial charge in [0, 0.05) is 26.2 Å². The van der Waals surface area contributed by atoms with Crippen molar-refractivity contribution in [1.82, 2.24) is 0 Å². The molecule has 98 valence electrons. The largest absolute Gasteiger partial charge is 0.457 e. The van der Waals surface area contributed by atoms with Crippen molar-refractivity contribution in [3.05, 3.63) is 46.8 Å². The van der Waals surface area contributed by atoms with E-state index >= 15 is 0 Å². The van der Waals surface area contributed by atoms with Crippen molar-refractivity contribution in [1.29, 1.82) is 0 Å². The van der Waals surface area contributed by atoms with E-state index in [9.17, 15) is 4.79 Å². The Morgan fingerprint density at radius 2 is 2.00 bits per heavy atom. The second-order valence-corrected chi connectivity index (χ2v) is 5.29. The molecule has 2 aromatic rings. The molecular weight excluding hydrogens is 308 g/mol. The van der Waals surface area contributed by atoms with Crippen LogP contribution in [0.3, 0.4) is 0 Å². The Balaban J connectivity index is 1.98. The van der Waals surface area contributed by atoms with Crippen LogP contribution in [0.25, 0.3) is 0 Å². The van der Waals surface area contributed by atoms with Crippen LogP contribution >= 0.6 is 15.9 Å². The molecule has 0 saturated heterocycles. The summed E-state index contributed by atoms with van der Waals surface area (Å²) in [7, 11) is 2.04. The Morgan fingerprint density at radius 3 is 2.68 bits per heavy atom. The van der Waals surface area contributed by atoms with Gasteiger partial charge in [0.05, 0.1) is 16.9 Å². The molecule has 5 heteroatoms. The number of likely N-dealkylation sites (N-methyl/N-ethyl adjacent to an activating group) is 1. The zero-order chi connectivity index (χ0) is 13.4. The summed E-state index contributed by atoms with van der Waals surface area (Å²) in [5.41, 5.74) is 2.58. The lowest BCUT2D eigenvalue weighted by atomic mass is 10.1. The van der Waals surface area contributed by atoms with Gasteiger partial charge in [-0.05, 0) is 28.1 Å². The molecule has 0 atom stereocenters. The van der Waals surface area contributed by atoms with E-state index in [-0.39, 0.29) is 5.91 Å². The number of fused-ring (bicyclic) bond motifs is 1. The van der Waals surface area contributed by atoms with Crippen LogP contribution in [0.4, 0.5) is 11.4 Å². The van der Waals surface area contributed by atoms with E-state index in [0.717, 1.165) is 17.9 Å². The molecular formula is C14H13BrN2O2. The van der Waals surface area contributed by atoms with E-state index in [1.807, 2.05) is 31.3 Å². The van der Waals surface area contributed by atoms with E-state index in [0.29, 0.717) is 16.8 Å². The number of anilines is 2.